The number of benzene rings is 3. The highest BCUT2D eigenvalue weighted by molar-refractivity contribution is 7.98. The molecule has 1 unspecified atom stereocenters. The standard InChI is InChI=1S/C22H20OS.4BF4/c1-2-23-19-13-11-17-9-6-10-18-12-14-20(22(19)21(17)18)24-15-16-7-4-3-5-8-16;4*2-1(3,4)5/h3-14,19H,2,15H2,1H3;;;;/q;4*-1. The Labute approximate surface area is 245 Å². The molecule has 22 heteroatoms. The average molecular weight is 680 g/mol. The zero-order valence-corrected chi connectivity index (χ0v) is 22.9. The summed E-state index contributed by atoms with van der Waals surface area (Å²) < 4.78 is 162. The Hall–Kier alpha value is -2.89. The Balaban J connectivity index is 0.000000757. The van der Waals surface area contributed by atoms with Crippen LogP contribution in [0, 0.1) is 0 Å². The molecule has 1 aliphatic carbocycles. The van der Waals surface area contributed by atoms with E-state index in [0.717, 1.165) is 12.4 Å². The minimum atomic E-state index is -6.00. The summed E-state index contributed by atoms with van der Waals surface area (Å²) in [7, 11) is -24.0. The van der Waals surface area contributed by atoms with Gasteiger partial charge < -0.3 is 73.8 Å². The highest BCUT2D eigenvalue weighted by Gasteiger charge is 2.23. The third kappa shape index (κ3) is 23.6. The molecule has 4 rings (SSSR count). The van der Waals surface area contributed by atoms with E-state index in [1.165, 1.54) is 32.4 Å². The maximum absolute atomic E-state index is 9.75. The molecule has 0 aliphatic heterocycles. The largest absolute Gasteiger partial charge is 0.673 e. The summed E-state index contributed by atoms with van der Waals surface area (Å²) in [4.78, 5) is 1.32. The van der Waals surface area contributed by atoms with Gasteiger partial charge in [-0.2, -0.15) is 0 Å². The van der Waals surface area contributed by atoms with Crippen molar-refractivity contribution in [3.05, 3.63) is 83.4 Å². The third-order valence-corrected chi connectivity index (χ3v) is 5.54. The molecule has 0 heterocycles. The van der Waals surface area contributed by atoms with E-state index < -0.39 is 29.0 Å². The molecule has 1 aliphatic rings. The Morgan fingerprint density at radius 1 is 0.614 bits per heavy atom. The number of rotatable bonds is 5. The van der Waals surface area contributed by atoms with E-state index in [4.69, 9.17) is 4.74 Å². The van der Waals surface area contributed by atoms with Crippen molar-refractivity contribution in [2.45, 2.75) is 23.7 Å². The normalized spacial score (nSPS) is 14.1. The smallest absolute Gasteiger partial charge is 0.418 e. The quantitative estimate of drug-likeness (QED) is 0.151. The van der Waals surface area contributed by atoms with Crippen molar-refractivity contribution in [3.63, 3.8) is 0 Å². The van der Waals surface area contributed by atoms with E-state index in [1.54, 1.807) is 0 Å². The van der Waals surface area contributed by atoms with Gasteiger partial charge in [-0.1, -0.05) is 66.7 Å². The van der Waals surface area contributed by atoms with Crippen molar-refractivity contribution in [1.82, 2.24) is 0 Å². The second-order valence-corrected chi connectivity index (χ2v) is 8.93. The number of hydrogen-bond acceptors (Lipinski definition) is 2. The molecule has 3 aromatic rings. The van der Waals surface area contributed by atoms with Gasteiger partial charge >= 0.3 is 29.0 Å². The van der Waals surface area contributed by atoms with Gasteiger partial charge in [-0.15, -0.1) is 11.8 Å². The molecule has 0 aromatic heterocycles. The first-order valence-corrected chi connectivity index (χ1v) is 12.9. The Bertz CT molecular complexity index is 1210. The van der Waals surface area contributed by atoms with E-state index in [9.17, 15) is 69.1 Å². The molecule has 0 radical (unpaired) electrons. The fourth-order valence-electron chi connectivity index (χ4n) is 3.31. The summed E-state index contributed by atoms with van der Waals surface area (Å²) in [5.41, 5.74) is 3.97. The van der Waals surface area contributed by atoms with Crippen LogP contribution in [0.25, 0.3) is 16.8 Å². The monoisotopic (exact) mass is 680 g/mol. The molecule has 0 spiro atoms. The molecule has 248 valence electrons. The van der Waals surface area contributed by atoms with Crippen molar-refractivity contribution in [2.24, 2.45) is 0 Å². The van der Waals surface area contributed by atoms with Gasteiger partial charge in [-0.05, 0) is 34.9 Å². The third-order valence-electron chi connectivity index (χ3n) is 4.40. The molecule has 1 nitrogen and oxygen atoms in total. The van der Waals surface area contributed by atoms with Crippen LogP contribution in [0.4, 0.5) is 69.1 Å². The lowest BCUT2D eigenvalue weighted by atomic mass is 9.91. The van der Waals surface area contributed by atoms with Gasteiger partial charge in [-0.3, -0.25) is 0 Å². The number of thioether (sulfide) groups is 1. The lowest BCUT2D eigenvalue weighted by Gasteiger charge is -2.24. The van der Waals surface area contributed by atoms with Crippen LogP contribution < -0.4 is 0 Å². The molecule has 0 saturated heterocycles. The van der Waals surface area contributed by atoms with Crippen LogP contribution in [-0.4, -0.2) is 35.6 Å². The summed E-state index contributed by atoms with van der Waals surface area (Å²) in [5.74, 6) is 0.976. The molecule has 0 saturated carbocycles. The molecular formula is C22H20B4F16OS-4. The SMILES string of the molecule is CCOC1C=Cc2cccc3ccc(SCc4ccccc4)c1c23.F[B-](F)(F)F.F[B-](F)(F)F.F[B-](F)(F)F.F[B-](F)(F)F. The summed E-state index contributed by atoms with van der Waals surface area (Å²) in [6, 6.07) is 21.6. The molecule has 3 aromatic carbocycles. The first-order chi connectivity index (χ1) is 19.9. The Morgan fingerprint density at radius 3 is 1.55 bits per heavy atom. The second kappa shape index (κ2) is 18.2. The maximum Gasteiger partial charge on any atom is 0.673 e. The fraction of sp³-hybridized carbons (Fsp3) is 0.182. The maximum atomic E-state index is 9.75. The summed E-state index contributed by atoms with van der Waals surface area (Å²) in [5, 5.41) is 2.64. The number of ether oxygens (including phenoxy) is 1. The first-order valence-electron chi connectivity index (χ1n) is 11.9. The van der Waals surface area contributed by atoms with E-state index in [1.807, 2.05) is 11.8 Å². The van der Waals surface area contributed by atoms with Crippen molar-refractivity contribution in [3.8, 4) is 0 Å². The second-order valence-electron chi connectivity index (χ2n) is 7.91. The molecule has 0 N–H and O–H groups in total. The average Bonchev–Trinajstić information content (AvgIpc) is 2.82. The van der Waals surface area contributed by atoms with Crippen molar-refractivity contribution in [2.75, 3.05) is 6.61 Å². The van der Waals surface area contributed by atoms with Gasteiger partial charge in [0.1, 0.15) is 6.10 Å². The van der Waals surface area contributed by atoms with Crippen LogP contribution in [0.5, 0.6) is 0 Å². The van der Waals surface area contributed by atoms with Gasteiger partial charge in [0.15, 0.2) is 0 Å². The van der Waals surface area contributed by atoms with Crippen LogP contribution in [0.1, 0.15) is 29.7 Å². The van der Waals surface area contributed by atoms with Gasteiger partial charge in [0.25, 0.3) is 0 Å². The zero-order valence-electron chi connectivity index (χ0n) is 22.1. The lowest BCUT2D eigenvalue weighted by Crippen LogP contribution is -2.07. The minimum absolute atomic E-state index is 0.0480. The number of hydrogen-bond donors (Lipinski definition) is 0. The van der Waals surface area contributed by atoms with Crippen molar-refractivity contribution >= 4 is 57.6 Å². The van der Waals surface area contributed by atoms with Crippen molar-refractivity contribution in [1.29, 1.82) is 0 Å². The van der Waals surface area contributed by atoms with Gasteiger partial charge in [0.05, 0.1) is 0 Å². The van der Waals surface area contributed by atoms with Crippen LogP contribution in [0.15, 0.2) is 71.6 Å². The van der Waals surface area contributed by atoms with E-state index in [2.05, 4.69) is 79.7 Å². The lowest BCUT2D eigenvalue weighted by molar-refractivity contribution is 0.0962. The minimum Gasteiger partial charge on any atom is -0.418 e. The van der Waals surface area contributed by atoms with Crippen LogP contribution >= 0.6 is 11.8 Å². The van der Waals surface area contributed by atoms with Crippen LogP contribution in [0.2, 0.25) is 0 Å². The summed E-state index contributed by atoms with van der Waals surface area (Å²) >= 11 is 1.90. The molecule has 44 heavy (non-hydrogen) atoms. The highest BCUT2D eigenvalue weighted by atomic mass is 32.2. The van der Waals surface area contributed by atoms with Crippen molar-refractivity contribution < 1.29 is 73.8 Å². The van der Waals surface area contributed by atoms with E-state index in [-0.39, 0.29) is 6.10 Å². The zero-order chi connectivity index (χ0) is 34.4. The predicted octanol–water partition coefficient (Wildman–Crippen LogP) is 11.4. The Morgan fingerprint density at radius 2 is 1.09 bits per heavy atom. The molecule has 1 atom stereocenters. The molecule has 0 amide bonds. The predicted molar refractivity (Wildman–Crippen MR) is 144 cm³/mol. The van der Waals surface area contributed by atoms with Gasteiger partial charge in [0, 0.05) is 22.8 Å². The first kappa shape index (κ1) is 41.1. The summed E-state index contributed by atoms with van der Waals surface area (Å²) in [6.07, 6.45) is 4.43. The molecule has 0 fully saturated rings. The van der Waals surface area contributed by atoms with Gasteiger partial charge in [-0.25, -0.2) is 0 Å². The van der Waals surface area contributed by atoms with E-state index >= 15 is 0 Å². The fourth-order valence-corrected chi connectivity index (χ4v) is 4.36. The topological polar surface area (TPSA) is 9.23 Å². The summed E-state index contributed by atoms with van der Waals surface area (Å²) in [6.45, 7) is 2.78. The van der Waals surface area contributed by atoms with Crippen LogP contribution in [0.3, 0.4) is 0 Å². The van der Waals surface area contributed by atoms with Crippen LogP contribution in [-0.2, 0) is 10.5 Å². The highest BCUT2D eigenvalue weighted by Crippen LogP contribution is 2.42. The molecular weight excluding hydrogens is 660 g/mol. The van der Waals surface area contributed by atoms with Gasteiger partial charge in [0.2, 0.25) is 0 Å². The number of halogens is 16. The Kier molecular flexibility index (Phi) is 17.0. The molecule has 0 bridgehead atoms. The van der Waals surface area contributed by atoms with E-state index in [0.29, 0.717) is 0 Å².